The van der Waals surface area contributed by atoms with Gasteiger partial charge in [0.05, 0.1) is 6.04 Å². The van der Waals surface area contributed by atoms with Crippen molar-refractivity contribution in [2.75, 3.05) is 31.1 Å². The van der Waals surface area contributed by atoms with Gasteiger partial charge >= 0.3 is 0 Å². The first-order chi connectivity index (χ1) is 10.2. The number of amides is 1. The van der Waals surface area contributed by atoms with Gasteiger partial charge < -0.3 is 4.90 Å². The van der Waals surface area contributed by atoms with Crippen molar-refractivity contribution in [2.24, 2.45) is 5.84 Å². The minimum absolute atomic E-state index is 0.0863. The topological polar surface area (TPSA) is 61.6 Å². The molecule has 3 N–H and O–H groups in total. The van der Waals surface area contributed by atoms with Crippen molar-refractivity contribution in [1.82, 2.24) is 10.3 Å². The number of nitrogens with zero attached hydrogens (tertiary/aromatic N) is 2. The Labute approximate surface area is 131 Å². The zero-order chi connectivity index (χ0) is 15.2. The van der Waals surface area contributed by atoms with Gasteiger partial charge in [0.1, 0.15) is 0 Å². The van der Waals surface area contributed by atoms with Gasteiger partial charge in [0.15, 0.2) is 0 Å². The highest BCUT2D eigenvalue weighted by atomic mass is 35.5. The Kier molecular flexibility index (Phi) is 5.85. The smallest absolute Gasteiger partial charge is 0.251 e. The molecule has 1 amide bonds. The first kappa shape index (κ1) is 16.1. The lowest BCUT2D eigenvalue weighted by Gasteiger charge is -2.39. The van der Waals surface area contributed by atoms with Crippen LogP contribution in [0.15, 0.2) is 24.3 Å². The SMILES string of the molecule is CCCC(C(=O)NN)N1CCN(c2ccc(Cl)cc2)CC1. The average Bonchev–Trinajstić information content (AvgIpc) is 2.53. The van der Waals surface area contributed by atoms with Gasteiger partial charge in [-0.3, -0.25) is 15.1 Å². The summed E-state index contributed by atoms with van der Waals surface area (Å²) < 4.78 is 0. The molecule has 1 aromatic rings. The number of nitrogens with one attached hydrogen (secondary N) is 1. The Morgan fingerprint density at radius 3 is 2.43 bits per heavy atom. The molecule has 2 rings (SSSR count). The normalized spacial score (nSPS) is 17.6. The van der Waals surface area contributed by atoms with Crippen molar-refractivity contribution in [3.8, 4) is 0 Å². The van der Waals surface area contributed by atoms with Crippen LogP contribution in [0.5, 0.6) is 0 Å². The van der Waals surface area contributed by atoms with E-state index in [-0.39, 0.29) is 11.9 Å². The third kappa shape index (κ3) is 4.09. The third-order valence-electron chi connectivity index (χ3n) is 3.95. The summed E-state index contributed by atoms with van der Waals surface area (Å²) in [6.45, 7) is 5.61. The molecule has 1 atom stereocenters. The number of rotatable bonds is 5. The molecule has 0 aliphatic carbocycles. The van der Waals surface area contributed by atoms with E-state index >= 15 is 0 Å². The Balaban J connectivity index is 1.95. The first-order valence-corrected chi connectivity index (χ1v) is 7.78. The molecule has 1 aliphatic heterocycles. The average molecular weight is 311 g/mol. The van der Waals surface area contributed by atoms with Crippen LogP contribution in [-0.4, -0.2) is 43.0 Å². The summed E-state index contributed by atoms with van der Waals surface area (Å²) in [4.78, 5) is 16.4. The van der Waals surface area contributed by atoms with E-state index in [4.69, 9.17) is 17.4 Å². The van der Waals surface area contributed by atoms with E-state index in [1.165, 1.54) is 5.69 Å². The zero-order valence-corrected chi connectivity index (χ0v) is 13.1. The van der Waals surface area contributed by atoms with Crippen LogP contribution in [0.25, 0.3) is 0 Å². The lowest BCUT2D eigenvalue weighted by molar-refractivity contribution is -0.127. The van der Waals surface area contributed by atoms with Crippen molar-refractivity contribution in [3.05, 3.63) is 29.3 Å². The summed E-state index contributed by atoms with van der Waals surface area (Å²) in [5.74, 6) is 5.21. The summed E-state index contributed by atoms with van der Waals surface area (Å²) in [6, 6.07) is 7.77. The van der Waals surface area contributed by atoms with Gasteiger partial charge in [-0.2, -0.15) is 0 Å². The lowest BCUT2D eigenvalue weighted by Crippen LogP contribution is -2.55. The summed E-state index contributed by atoms with van der Waals surface area (Å²) >= 11 is 5.92. The molecule has 116 valence electrons. The van der Waals surface area contributed by atoms with E-state index in [0.29, 0.717) is 0 Å². The number of hydrogen-bond donors (Lipinski definition) is 2. The van der Waals surface area contributed by atoms with E-state index in [0.717, 1.165) is 44.0 Å². The van der Waals surface area contributed by atoms with Gasteiger partial charge in [0, 0.05) is 36.9 Å². The third-order valence-corrected chi connectivity index (χ3v) is 4.21. The van der Waals surface area contributed by atoms with Gasteiger partial charge in [-0.15, -0.1) is 0 Å². The van der Waals surface area contributed by atoms with Crippen LogP contribution in [0.2, 0.25) is 5.02 Å². The molecule has 1 aromatic carbocycles. The zero-order valence-electron chi connectivity index (χ0n) is 12.4. The molecular formula is C15H23ClN4O. The standard InChI is InChI=1S/C15H23ClN4O/c1-2-3-14(15(21)18-17)20-10-8-19(9-11-20)13-6-4-12(16)5-7-13/h4-7,14H,2-3,8-11,17H2,1H3,(H,18,21). The number of carbonyl (C=O) groups excluding carboxylic acids is 1. The van der Waals surface area contributed by atoms with Crippen LogP contribution >= 0.6 is 11.6 Å². The van der Waals surface area contributed by atoms with Gasteiger partial charge in [0.2, 0.25) is 0 Å². The molecule has 0 bridgehead atoms. The van der Waals surface area contributed by atoms with Crippen molar-refractivity contribution in [2.45, 2.75) is 25.8 Å². The van der Waals surface area contributed by atoms with E-state index in [2.05, 4.69) is 22.1 Å². The molecule has 0 radical (unpaired) electrons. The van der Waals surface area contributed by atoms with Crippen LogP contribution in [0.4, 0.5) is 5.69 Å². The highest BCUT2D eigenvalue weighted by Gasteiger charge is 2.27. The number of anilines is 1. The molecule has 1 unspecified atom stereocenters. The Hall–Kier alpha value is -1.30. The van der Waals surface area contributed by atoms with Crippen LogP contribution in [0.1, 0.15) is 19.8 Å². The van der Waals surface area contributed by atoms with Gasteiger partial charge in [0.25, 0.3) is 5.91 Å². The van der Waals surface area contributed by atoms with Gasteiger partial charge in [-0.1, -0.05) is 24.9 Å². The quantitative estimate of drug-likeness (QED) is 0.493. The molecule has 0 aromatic heterocycles. The van der Waals surface area contributed by atoms with Crippen molar-refractivity contribution >= 4 is 23.2 Å². The lowest BCUT2D eigenvalue weighted by atomic mass is 10.1. The Morgan fingerprint density at radius 1 is 1.29 bits per heavy atom. The van der Waals surface area contributed by atoms with Crippen molar-refractivity contribution in [3.63, 3.8) is 0 Å². The number of hydrazine groups is 1. The summed E-state index contributed by atoms with van der Waals surface area (Å²) in [5, 5.41) is 0.750. The number of benzene rings is 1. The second-order valence-electron chi connectivity index (χ2n) is 5.31. The van der Waals surface area contributed by atoms with Gasteiger partial charge in [-0.25, -0.2) is 5.84 Å². The van der Waals surface area contributed by atoms with Crippen molar-refractivity contribution < 1.29 is 4.79 Å². The van der Waals surface area contributed by atoms with Crippen molar-refractivity contribution in [1.29, 1.82) is 0 Å². The minimum Gasteiger partial charge on any atom is -0.369 e. The van der Waals surface area contributed by atoms with E-state index in [1.54, 1.807) is 0 Å². The molecular weight excluding hydrogens is 288 g/mol. The summed E-state index contributed by atoms with van der Waals surface area (Å²) in [5.41, 5.74) is 3.46. The molecule has 1 heterocycles. The maximum Gasteiger partial charge on any atom is 0.251 e. The largest absolute Gasteiger partial charge is 0.369 e. The molecule has 6 heteroatoms. The highest BCUT2D eigenvalue weighted by molar-refractivity contribution is 6.30. The van der Waals surface area contributed by atoms with Crippen LogP contribution in [0.3, 0.4) is 0 Å². The second-order valence-corrected chi connectivity index (χ2v) is 5.75. The van der Waals surface area contributed by atoms with E-state index < -0.39 is 0 Å². The molecule has 0 spiro atoms. The molecule has 0 saturated carbocycles. The number of halogens is 1. The first-order valence-electron chi connectivity index (χ1n) is 7.40. The number of nitrogens with two attached hydrogens (primary N) is 1. The molecule has 5 nitrogen and oxygen atoms in total. The molecule has 21 heavy (non-hydrogen) atoms. The summed E-state index contributed by atoms with van der Waals surface area (Å²) in [7, 11) is 0. The van der Waals surface area contributed by atoms with E-state index in [9.17, 15) is 4.79 Å². The number of piperazine rings is 1. The molecule has 1 saturated heterocycles. The van der Waals surface area contributed by atoms with Gasteiger partial charge in [-0.05, 0) is 30.7 Å². The fraction of sp³-hybridized carbons (Fsp3) is 0.533. The van der Waals surface area contributed by atoms with Crippen LogP contribution < -0.4 is 16.2 Å². The predicted molar refractivity (Wildman–Crippen MR) is 86.3 cm³/mol. The fourth-order valence-electron chi connectivity index (χ4n) is 2.79. The van der Waals surface area contributed by atoms with E-state index in [1.807, 2.05) is 24.3 Å². The highest BCUT2D eigenvalue weighted by Crippen LogP contribution is 2.20. The maximum atomic E-state index is 11.9. The fourth-order valence-corrected chi connectivity index (χ4v) is 2.92. The molecule has 1 fully saturated rings. The molecule has 1 aliphatic rings. The minimum atomic E-state index is -0.118. The predicted octanol–water partition coefficient (Wildman–Crippen LogP) is 1.62. The van der Waals surface area contributed by atoms with Crippen LogP contribution in [-0.2, 0) is 4.79 Å². The number of carbonyl (C=O) groups is 1. The second kappa shape index (κ2) is 7.64. The Morgan fingerprint density at radius 2 is 1.90 bits per heavy atom. The summed E-state index contributed by atoms with van der Waals surface area (Å²) in [6.07, 6.45) is 1.81. The Bertz CT molecular complexity index is 457. The monoisotopic (exact) mass is 310 g/mol. The van der Waals surface area contributed by atoms with Crippen LogP contribution in [0, 0.1) is 0 Å². The maximum absolute atomic E-state index is 11.9. The number of hydrogen-bond acceptors (Lipinski definition) is 4.